The normalized spacial score (nSPS) is 15.2. The van der Waals surface area contributed by atoms with Gasteiger partial charge in [-0.1, -0.05) is 35.9 Å². The fourth-order valence-corrected chi connectivity index (χ4v) is 3.96. The number of aromatic nitrogens is 3. The fraction of sp³-hybridized carbons (Fsp3) is 0.0833. The number of carbonyl (C=O) groups is 2. The lowest BCUT2D eigenvalue weighted by Gasteiger charge is -2.26. The van der Waals surface area contributed by atoms with Crippen molar-refractivity contribution in [1.82, 2.24) is 15.2 Å². The minimum absolute atomic E-state index is 0.161. The number of nitrogens with one attached hydrogen (secondary N) is 1. The first-order valence-corrected chi connectivity index (χ1v) is 9.76. The zero-order valence-electron chi connectivity index (χ0n) is 16.6. The number of benzene rings is 2. The predicted molar refractivity (Wildman–Crippen MR) is 115 cm³/mol. The minimum atomic E-state index is -1.01. The number of aryl methyl sites for hydroxylation is 1. The maximum Gasteiger partial charge on any atom is 0.335 e. The first-order valence-electron chi connectivity index (χ1n) is 9.76. The number of fused-ring (bicyclic) bond motifs is 1. The van der Waals surface area contributed by atoms with Crippen molar-refractivity contribution in [3.8, 4) is 11.3 Å². The van der Waals surface area contributed by atoms with Gasteiger partial charge in [0.15, 0.2) is 0 Å². The van der Waals surface area contributed by atoms with Crippen LogP contribution in [-0.4, -0.2) is 32.2 Å². The smallest absolute Gasteiger partial charge is 0.335 e. The Balaban J connectivity index is 1.68. The molecular formula is C24H18N4O3. The number of anilines is 1. The standard InChI is InChI=1S/C24H18N4O3/c1-14-4-6-15(7-5-14)20-19-21(27-26-20)23(29)28(22(19)17-3-2-12-25-13-17)18-10-8-16(9-11-18)24(30)31/h2-13,22H,1H3,(H,26,27)(H,30,31). The predicted octanol–water partition coefficient (Wildman–Crippen LogP) is 4.23. The summed E-state index contributed by atoms with van der Waals surface area (Å²) in [6.07, 6.45) is 3.42. The Hall–Kier alpha value is -4.26. The van der Waals surface area contributed by atoms with E-state index in [0.717, 1.165) is 22.3 Å². The molecule has 1 aliphatic heterocycles. The third-order valence-corrected chi connectivity index (χ3v) is 5.49. The molecule has 0 radical (unpaired) electrons. The number of hydrogen-bond acceptors (Lipinski definition) is 4. The Morgan fingerprint density at radius 2 is 1.81 bits per heavy atom. The van der Waals surface area contributed by atoms with Gasteiger partial charge in [-0.15, -0.1) is 0 Å². The molecule has 7 heteroatoms. The van der Waals surface area contributed by atoms with E-state index in [1.54, 1.807) is 29.4 Å². The van der Waals surface area contributed by atoms with Crippen molar-refractivity contribution in [2.24, 2.45) is 0 Å². The van der Waals surface area contributed by atoms with Crippen molar-refractivity contribution in [1.29, 1.82) is 0 Å². The summed E-state index contributed by atoms with van der Waals surface area (Å²) in [6.45, 7) is 2.02. The Labute approximate surface area is 178 Å². The molecule has 0 saturated heterocycles. The van der Waals surface area contributed by atoms with Crippen LogP contribution in [0.25, 0.3) is 11.3 Å². The summed E-state index contributed by atoms with van der Waals surface area (Å²) < 4.78 is 0. The van der Waals surface area contributed by atoms with Crippen LogP contribution in [0.5, 0.6) is 0 Å². The molecule has 0 fully saturated rings. The van der Waals surface area contributed by atoms with E-state index in [2.05, 4.69) is 15.2 Å². The Morgan fingerprint density at radius 3 is 2.45 bits per heavy atom. The number of amides is 1. The molecule has 1 amide bonds. The lowest BCUT2D eigenvalue weighted by molar-refractivity contribution is 0.0696. The van der Waals surface area contributed by atoms with Gasteiger partial charge in [-0.3, -0.25) is 19.8 Å². The van der Waals surface area contributed by atoms with Gasteiger partial charge in [-0.2, -0.15) is 5.10 Å². The van der Waals surface area contributed by atoms with Crippen LogP contribution in [0, 0.1) is 6.92 Å². The summed E-state index contributed by atoms with van der Waals surface area (Å²) >= 11 is 0. The zero-order chi connectivity index (χ0) is 21.5. The highest BCUT2D eigenvalue weighted by Gasteiger charge is 2.43. The van der Waals surface area contributed by atoms with E-state index in [4.69, 9.17) is 0 Å². The highest BCUT2D eigenvalue weighted by atomic mass is 16.4. The quantitative estimate of drug-likeness (QED) is 0.525. The third kappa shape index (κ3) is 3.07. The van der Waals surface area contributed by atoms with Crippen LogP contribution in [0.1, 0.15) is 43.6 Å². The van der Waals surface area contributed by atoms with Crippen molar-refractivity contribution >= 4 is 17.6 Å². The van der Waals surface area contributed by atoms with Crippen molar-refractivity contribution in [2.45, 2.75) is 13.0 Å². The van der Waals surface area contributed by atoms with E-state index in [9.17, 15) is 14.7 Å². The van der Waals surface area contributed by atoms with E-state index in [0.29, 0.717) is 17.1 Å². The summed E-state index contributed by atoms with van der Waals surface area (Å²) in [7, 11) is 0. The van der Waals surface area contributed by atoms with Gasteiger partial charge in [0, 0.05) is 29.2 Å². The highest BCUT2D eigenvalue weighted by Crippen LogP contribution is 2.44. The van der Waals surface area contributed by atoms with Crippen molar-refractivity contribution in [2.75, 3.05) is 4.90 Å². The molecular weight excluding hydrogens is 392 g/mol. The van der Waals surface area contributed by atoms with E-state index in [1.165, 1.54) is 12.1 Å². The Bertz CT molecular complexity index is 1280. The highest BCUT2D eigenvalue weighted by molar-refractivity contribution is 6.11. The van der Waals surface area contributed by atoms with Crippen molar-refractivity contribution in [3.05, 3.63) is 101 Å². The number of aromatic amines is 1. The second-order valence-corrected chi connectivity index (χ2v) is 7.44. The average Bonchev–Trinajstić information content (AvgIpc) is 3.34. The van der Waals surface area contributed by atoms with E-state index >= 15 is 0 Å². The molecule has 7 nitrogen and oxygen atoms in total. The summed E-state index contributed by atoms with van der Waals surface area (Å²) in [5, 5.41) is 16.6. The van der Waals surface area contributed by atoms with Gasteiger partial charge in [-0.25, -0.2) is 4.79 Å². The van der Waals surface area contributed by atoms with Gasteiger partial charge < -0.3 is 5.11 Å². The second kappa shape index (κ2) is 7.21. The number of aromatic carboxylic acids is 1. The first-order chi connectivity index (χ1) is 15.0. The van der Waals surface area contributed by atoms with Gasteiger partial charge >= 0.3 is 5.97 Å². The van der Waals surface area contributed by atoms with Crippen LogP contribution in [0.4, 0.5) is 5.69 Å². The zero-order valence-corrected chi connectivity index (χ0v) is 16.6. The maximum atomic E-state index is 13.4. The molecule has 0 spiro atoms. The van der Waals surface area contributed by atoms with Crippen molar-refractivity contribution in [3.63, 3.8) is 0 Å². The molecule has 0 saturated carbocycles. The molecule has 31 heavy (non-hydrogen) atoms. The van der Waals surface area contributed by atoms with Gasteiger partial charge in [0.25, 0.3) is 5.91 Å². The maximum absolute atomic E-state index is 13.4. The summed E-state index contributed by atoms with van der Waals surface area (Å²) in [5.74, 6) is -1.24. The molecule has 0 aliphatic carbocycles. The minimum Gasteiger partial charge on any atom is -0.478 e. The number of H-pyrrole nitrogens is 1. The number of nitrogens with zero attached hydrogens (tertiary/aromatic N) is 3. The monoisotopic (exact) mass is 410 g/mol. The summed E-state index contributed by atoms with van der Waals surface area (Å²) in [6, 6.07) is 17.6. The van der Waals surface area contributed by atoms with Crippen LogP contribution in [0.15, 0.2) is 73.1 Å². The third-order valence-electron chi connectivity index (χ3n) is 5.49. The molecule has 1 unspecified atom stereocenters. The molecule has 152 valence electrons. The molecule has 1 aliphatic rings. The molecule has 5 rings (SSSR count). The van der Waals surface area contributed by atoms with E-state index < -0.39 is 12.0 Å². The van der Waals surface area contributed by atoms with Crippen molar-refractivity contribution < 1.29 is 14.7 Å². The van der Waals surface area contributed by atoms with Crippen LogP contribution in [-0.2, 0) is 0 Å². The second-order valence-electron chi connectivity index (χ2n) is 7.44. The van der Waals surface area contributed by atoms with Gasteiger partial charge in [-0.05, 0) is 42.8 Å². The molecule has 4 aromatic rings. The number of carbonyl (C=O) groups excluding carboxylic acids is 1. The summed E-state index contributed by atoms with van der Waals surface area (Å²) in [5.41, 5.74) is 5.56. The van der Waals surface area contributed by atoms with Crippen LogP contribution >= 0.6 is 0 Å². The van der Waals surface area contributed by atoms with Gasteiger partial charge in [0.05, 0.1) is 17.3 Å². The molecule has 3 heterocycles. The van der Waals surface area contributed by atoms with E-state index in [1.807, 2.05) is 43.3 Å². The van der Waals surface area contributed by atoms with Crippen LogP contribution < -0.4 is 4.90 Å². The SMILES string of the molecule is Cc1ccc(-c2n[nH]c3c2C(c2cccnc2)N(c2ccc(C(=O)O)cc2)C3=O)cc1. The molecule has 0 bridgehead atoms. The number of rotatable bonds is 4. The van der Waals surface area contributed by atoms with Crippen LogP contribution in [0.3, 0.4) is 0 Å². The molecule has 2 aromatic heterocycles. The van der Waals surface area contributed by atoms with Crippen LogP contribution in [0.2, 0.25) is 0 Å². The number of hydrogen-bond donors (Lipinski definition) is 2. The van der Waals surface area contributed by atoms with Gasteiger partial charge in [0.2, 0.25) is 0 Å². The molecule has 2 aromatic carbocycles. The lowest BCUT2D eigenvalue weighted by atomic mass is 9.96. The largest absolute Gasteiger partial charge is 0.478 e. The topological polar surface area (TPSA) is 99.2 Å². The average molecular weight is 410 g/mol. The summed E-state index contributed by atoms with van der Waals surface area (Å²) in [4.78, 5) is 30.6. The fourth-order valence-electron chi connectivity index (χ4n) is 3.96. The van der Waals surface area contributed by atoms with Gasteiger partial charge in [0.1, 0.15) is 5.69 Å². The first kappa shape index (κ1) is 18.7. The number of carboxylic acid groups (broad SMARTS) is 1. The Kier molecular flexibility index (Phi) is 4.36. The molecule has 1 atom stereocenters. The number of pyridine rings is 1. The number of carboxylic acids is 1. The lowest BCUT2D eigenvalue weighted by Crippen LogP contribution is -2.29. The van der Waals surface area contributed by atoms with E-state index in [-0.39, 0.29) is 11.5 Å². The Morgan fingerprint density at radius 1 is 1.06 bits per heavy atom. The molecule has 2 N–H and O–H groups in total.